The van der Waals surface area contributed by atoms with Crippen molar-refractivity contribution in [2.45, 2.75) is 32.2 Å². The summed E-state index contributed by atoms with van der Waals surface area (Å²) in [6, 6.07) is 8.96. The predicted octanol–water partition coefficient (Wildman–Crippen LogP) is 2.56. The van der Waals surface area contributed by atoms with Gasteiger partial charge >= 0.3 is 0 Å². The van der Waals surface area contributed by atoms with Gasteiger partial charge in [-0.15, -0.1) is 0 Å². The number of hydrogen-bond donors (Lipinski definition) is 1. The minimum Gasteiger partial charge on any atom is -0.496 e. The summed E-state index contributed by atoms with van der Waals surface area (Å²) >= 11 is 0. The molecular formula is C17H28N2O. The van der Waals surface area contributed by atoms with Crippen LogP contribution in [0.25, 0.3) is 0 Å². The molecule has 1 unspecified atom stereocenters. The van der Waals surface area contributed by atoms with Gasteiger partial charge in [-0.1, -0.05) is 18.2 Å². The highest BCUT2D eigenvalue weighted by Gasteiger charge is 2.22. The van der Waals surface area contributed by atoms with Gasteiger partial charge in [-0.05, 0) is 70.4 Å². The van der Waals surface area contributed by atoms with Crippen LogP contribution in [0.2, 0.25) is 0 Å². The van der Waals surface area contributed by atoms with E-state index in [0.29, 0.717) is 6.04 Å². The molecule has 0 spiro atoms. The zero-order chi connectivity index (χ0) is 14.4. The summed E-state index contributed by atoms with van der Waals surface area (Å²) in [5, 5.41) is 3.30. The zero-order valence-electron chi connectivity index (χ0n) is 13.1. The molecule has 0 aromatic heterocycles. The Morgan fingerprint density at radius 2 is 2.00 bits per heavy atom. The number of rotatable bonds is 6. The van der Waals surface area contributed by atoms with E-state index in [9.17, 15) is 0 Å². The highest BCUT2D eigenvalue weighted by Crippen LogP contribution is 2.23. The summed E-state index contributed by atoms with van der Waals surface area (Å²) < 4.78 is 5.46. The van der Waals surface area contributed by atoms with E-state index in [1.807, 2.05) is 6.07 Å². The van der Waals surface area contributed by atoms with Gasteiger partial charge in [0.1, 0.15) is 5.75 Å². The lowest BCUT2D eigenvalue weighted by Gasteiger charge is -2.36. The van der Waals surface area contributed by atoms with Gasteiger partial charge in [-0.3, -0.25) is 0 Å². The molecule has 1 atom stereocenters. The van der Waals surface area contributed by atoms with Gasteiger partial charge in [-0.25, -0.2) is 0 Å². The molecule has 1 aromatic rings. The second kappa shape index (κ2) is 7.65. The van der Waals surface area contributed by atoms with Gasteiger partial charge in [-0.2, -0.15) is 0 Å². The molecule has 0 radical (unpaired) electrons. The quantitative estimate of drug-likeness (QED) is 0.864. The average molecular weight is 276 g/mol. The Hall–Kier alpha value is -1.06. The summed E-state index contributed by atoms with van der Waals surface area (Å²) in [6.07, 6.45) is 3.70. The minimum atomic E-state index is 0.585. The molecule has 1 fully saturated rings. The normalized spacial score (nSPS) is 18.9. The lowest BCUT2D eigenvalue weighted by molar-refractivity contribution is 0.139. The molecule has 112 valence electrons. The van der Waals surface area contributed by atoms with Crippen molar-refractivity contribution in [2.24, 2.45) is 5.92 Å². The number of ether oxygens (including phenoxy) is 1. The van der Waals surface area contributed by atoms with Crippen molar-refractivity contribution in [1.29, 1.82) is 0 Å². The van der Waals surface area contributed by atoms with E-state index < -0.39 is 0 Å². The molecule has 1 heterocycles. The number of likely N-dealkylation sites (tertiary alicyclic amines) is 1. The number of hydrogen-bond acceptors (Lipinski definition) is 3. The second-order valence-electron chi connectivity index (χ2n) is 5.90. The standard InChI is InChI=1S/C17H28N2O/c1-14(12-16-6-4-5-7-17(16)20-3)19-10-8-15(9-11-19)13-18-2/h4-7,14-15,18H,8-13H2,1-3H3. The van der Waals surface area contributed by atoms with E-state index >= 15 is 0 Å². The summed E-state index contributed by atoms with van der Waals surface area (Å²) in [7, 11) is 3.81. The van der Waals surface area contributed by atoms with Gasteiger partial charge < -0.3 is 15.0 Å². The Morgan fingerprint density at radius 1 is 1.30 bits per heavy atom. The second-order valence-corrected chi connectivity index (χ2v) is 5.90. The van der Waals surface area contributed by atoms with E-state index in [-0.39, 0.29) is 0 Å². The van der Waals surface area contributed by atoms with E-state index in [0.717, 1.165) is 24.6 Å². The van der Waals surface area contributed by atoms with Crippen molar-refractivity contribution in [3.05, 3.63) is 29.8 Å². The number of methoxy groups -OCH3 is 1. The number of nitrogens with zero attached hydrogens (tertiary/aromatic N) is 1. The SMILES string of the molecule is CNCC1CCN(C(C)Cc2ccccc2OC)CC1. The molecule has 0 amide bonds. The molecule has 3 nitrogen and oxygen atoms in total. The van der Waals surface area contributed by atoms with E-state index in [1.165, 1.54) is 31.5 Å². The van der Waals surface area contributed by atoms with Crippen LogP contribution in [-0.4, -0.2) is 44.7 Å². The van der Waals surface area contributed by atoms with Crippen LogP contribution in [0.5, 0.6) is 5.75 Å². The van der Waals surface area contributed by atoms with E-state index in [4.69, 9.17) is 4.74 Å². The molecule has 1 N–H and O–H groups in total. The fourth-order valence-corrected chi connectivity index (χ4v) is 3.21. The van der Waals surface area contributed by atoms with Crippen LogP contribution in [0.15, 0.2) is 24.3 Å². The van der Waals surface area contributed by atoms with E-state index in [1.54, 1.807) is 7.11 Å². The Kier molecular flexibility index (Phi) is 5.86. The zero-order valence-corrected chi connectivity index (χ0v) is 13.1. The topological polar surface area (TPSA) is 24.5 Å². The van der Waals surface area contributed by atoms with Crippen LogP contribution >= 0.6 is 0 Å². The number of para-hydroxylation sites is 1. The van der Waals surface area contributed by atoms with Crippen LogP contribution in [0.1, 0.15) is 25.3 Å². The summed E-state index contributed by atoms with van der Waals surface area (Å²) in [4.78, 5) is 2.62. The van der Waals surface area contributed by atoms with Gasteiger partial charge in [0.25, 0.3) is 0 Å². The fourth-order valence-electron chi connectivity index (χ4n) is 3.21. The molecule has 1 aliphatic heterocycles. The first kappa shape index (κ1) is 15.3. The Labute approximate surface area is 123 Å². The molecular weight excluding hydrogens is 248 g/mol. The van der Waals surface area contributed by atoms with Crippen molar-refractivity contribution in [2.75, 3.05) is 33.8 Å². The first-order valence-corrected chi connectivity index (χ1v) is 7.75. The lowest BCUT2D eigenvalue weighted by atomic mass is 9.94. The molecule has 2 rings (SSSR count). The van der Waals surface area contributed by atoms with Crippen molar-refractivity contribution < 1.29 is 4.74 Å². The third kappa shape index (κ3) is 3.97. The number of piperidine rings is 1. The smallest absolute Gasteiger partial charge is 0.122 e. The average Bonchev–Trinajstić information content (AvgIpc) is 2.49. The Morgan fingerprint density at radius 3 is 2.65 bits per heavy atom. The molecule has 0 aliphatic carbocycles. The Bertz CT molecular complexity index is 400. The lowest BCUT2D eigenvalue weighted by Crippen LogP contribution is -2.42. The first-order chi connectivity index (χ1) is 9.74. The van der Waals surface area contributed by atoms with Crippen LogP contribution in [-0.2, 0) is 6.42 Å². The maximum absolute atomic E-state index is 5.46. The maximum Gasteiger partial charge on any atom is 0.122 e. The molecule has 0 saturated carbocycles. The van der Waals surface area contributed by atoms with Gasteiger partial charge in [0.2, 0.25) is 0 Å². The fraction of sp³-hybridized carbons (Fsp3) is 0.647. The summed E-state index contributed by atoms with van der Waals surface area (Å²) in [6.45, 7) is 5.95. The molecule has 1 saturated heterocycles. The highest BCUT2D eigenvalue weighted by atomic mass is 16.5. The number of benzene rings is 1. The van der Waals surface area contributed by atoms with Crippen LogP contribution < -0.4 is 10.1 Å². The van der Waals surface area contributed by atoms with Crippen molar-refractivity contribution in [3.63, 3.8) is 0 Å². The highest BCUT2D eigenvalue weighted by molar-refractivity contribution is 5.33. The van der Waals surface area contributed by atoms with Crippen LogP contribution in [0.3, 0.4) is 0 Å². The molecule has 20 heavy (non-hydrogen) atoms. The summed E-state index contributed by atoms with van der Waals surface area (Å²) in [5.41, 5.74) is 1.32. The molecule has 1 aromatic carbocycles. The molecule has 3 heteroatoms. The van der Waals surface area contributed by atoms with E-state index in [2.05, 4.69) is 42.4 Å². The summed E-state index contributed by atoms with van der Waals surface area (Å²) in [5.74, 6) is 1.87. The first-order valence-electron chi connectivity index (χ1n) is 7.75. The third-order valence-corrected chi connectivity index (χ3v) is 4.47. The minimum absolute atomic E-state index is 0.585. The van der Waals surface area contributed by atoms with Gasteiger partial charge in [0.05, 0.1) is 7.11 Å². The van der Waals surface area contributed by atoms with Crippen LogP contribution in [0, 0.1) is 5.92 Å². The largest absolute Gasteiger partial charge is 0.496 e. The third-order valence-electron chi connectivity index (χ3n) is 4.47. The van der Waals surface area contributed by atoms with Crippen molar-refractivity contribution >= 4 is 0 Å². The van der Waals surface area contributed by atoms with Crippen molar-refractivity contribution in [1.82, 2.24) is 10.2 Å². The monoisotopic (exact) mass is 276 g/mol. The molecule has 0 bridgehead atoms. The molecule has 1 aliphatic rings. The van der Waals surface area contributed by atoms with Crippen molar-refractivity contribution in [3.8, 4) is 5.75 Å². The number of nitrogens with one attached hydrogen (secondary N) is 1. The maximum atomic E-state index is 5.46. The van der Waals surface area contributed by atoms with Gasteiger partial charge in [0, 0.05) is 6.04 Å². The van der Waals surface area contributed by atoms with Gasteiger partial charge in [0.15, 0.2) is 0 Å². The predicted molar refractivity (Wildman–Crippen MR) is 84.4 cm³/mol. The Balaban J connectivity index is 1.88. The van der Waals surface area contributed by atoms with Crippen LogP contribution in [0.4, 0.5) is 0 Å².